The molecule has 0 aromatic heterocycles. The number of benzene rings is 2. The van der Waals surface area contributed by atoms with Gasteiger partial charge in [0.25, 0.3) is 0 Å². The molecule has 0 bridgehead atoms. The fourth-order valence-corrected chi connectivity index (χ4v) is 3.56. The summed E-state index contributed by atoms with van der Waals surface area (Å²) in [5.74, 6) is 0. The number of halogens is 3. The second-order valence-electron chi connectivity index (χ2n) is 5.03. The van der Waals surface area contributed by atoms with E-state index in [1.54, 1.807) is 0 Å². The summed E-state index contributed by atoms with van der Waals surface area (Å²) in [6.07, 6.45) is 1.08. The topological polar surface area (TPSA) is 12.0 Å². The summed E-state index contributed by atoms with van der Waals surface area (Å²) in [6.45, 7) is 5.19. The number of rotatable bonds is 5. The molecular weight excluding hydrogens is 413 g/mol. The Hall–Kier alpha value is -0.350. The zero-order valence-electron chi connectivity index (χ0n) is 12.1. The highest BCUT2D eigenvalue weighted by Crippen LogP contribution is 2.35. The third-order valence-electron chi connectivity index (χ3n) is 3.40. The minimum absolute atomic E-state index is 0.0740. The molecule has 2 rings (SSSR count). The molecule has 1 N–H and O–H groups in total. The number of hydrogen-bond acceptors (Lipinski definition) is 1. The van der Waals surface area contributed by atoms with Gasteiger partial charge in [-0.15, -0.1) is 0 Å². The first kappa shape index (κ1) is 17.0. The molecule has 0 spiro atoms. The molecule has 0 saturated heterocycles. The van der Waals surface area contributed by atoms with Gasteiger partial charge in [0.2, 0.25) is 0 Å². The van der Waals surface area contributed by atoms with Crippen LogP contribution in [0.5, 0.6) is 0 Å². The maximum atomic E-state index is 6.40. The van der Waals surface area contributed by atoms with Crippen LogP contribution in [-0.4, -0.2) is 6.54 Å². The van der Waals surface area contributed by atoms with E-state index in [9.17, 15) is 0 Å². The second kappa shape index (κ2) is 7.77. The first-order valence-electron chi connectivity index (χ1n) is 6.98. The van der Waals surface area contributed by atoms with Gasteiger partial charge in [-0.25, -0.2) is 0 Å². The molecule has 1 atom stereocenters. The smallest absolute Gasteiger partial charge is 0.0603 e. The Bertz CT molecular complexity index is 628. The molecule has 0 saturated carbocycles. The predicted molar refractivity (Wildman–Crippen MR) is 98.2 cm³/mol. The minimum Gasteiger partial charge on any atom is -0.306 e. The van der Waals surface area contributed by atoms with Crippen molar-refractivity contribution >= 4 is 43.5 Å². The molecule has 2 aromatic rings. The molecule has 0 heterocycles. The van der Waals surface area contributed by atoms with Gasteiger partial charge in [-0.2, -0.15) is 0 Å². The van der Waals surface area contributed by atoms with Crippen LogP contribution in [0.2, 0.25) is 5.02 Å². The van der Waals surface area contributed by atoms with Crippen LogP contribution in [0.25, 0.3) is 0 Å². The summed E-state index contributed by atoms with van der Waals surface area (Å²) in [7, 11) is 0. The van der Waals surface area contributed by atoms with E-state index in [2.05, 4.69) is 69.2 Å². The van der Waals surface area contributed by atoms with Crippen LogP contribution in [0.4, 0.5) is 0 Å². The van der Waals surface area contributed by atoms with Crippen molar-refractivity contribution < 1.29 is 0 Å². The molecule has 2 aromatic carbocycles. The van der Waals surface area contributed by atoms with Gasteiger partial charge >= 0.3 is 0 Å². The van der Waals surface area contributed by atoms with Crippen LogP contribution in [-0.2, 0) is 0 Å². The molecule has 0 aliphatic heterocycles. The fourth-order valence-electron chi connectivity index (χ4n) is 2.27. The number of aryl methyl sites for hydroxylation is 1. The number of hydrogen-bond donors (Lipinski definition) is 1. The first-order chi connectivity index (χ1) is 10.0. The van der Waals surface area contributed by atoms with E-state index in [1.165, 1.54) is 11.1 Å². The molecule has 1 nitrogen and oxygen atoms in total. The Morgan fingerprint density at radius 1 is 1.10 bits per heavy atom. The highest BCUT2D eigenvalue weighted by atomic mass is 79.9. The molecule has 0 aliphatic rings. The zero-order chi connectivity index (χ0) is 15.4. The molecule has 21 heavy (non-hydrogen) atoms. The van der Waals surface area contributed by atoms with Gasteiger partial charge in [-0.05, 0) is 54.8 Å². The Balaban J connectivity index is 2.51. The molecule has 0 aliphatic carbocycles. The Kier molecular flexibility index (Phi) is 6.30. The van der Waals surface area contributed by atoms with E-state index in [4.69, 9.17) is 11.6 Å². The predicted octanol–water partition coefficient (Wildman–Crippen LogP) is 6.26. The normalized spacial score (nSPS) is 12.4. The average Bonchev–Trinajstić information content (AvgIpc) is 2.46. The van der Waals surface area contributed by atoms with Crippen molar-refractivity contribution in [3.8, 4) is 0 Å². The van der Waals surface area contributed by atoms with Crippen LogP contribution in [0.3, 0.4) is 0 Å². The summed E-state index contributed by atoms with van der Waals surface area (Å²) in [4.78, 5) is 0. The van der Waals surface area contributed by atoms with Crippen molar-refractivity contribution in [1.29, 1.82) is 0 Å². The summed E-state index contributed by atoms with van der Waals surface area (Å²) < 4.78 is 2.20. The quantitative estimate of drug-likeness (QED) is 0.589. The van der Waals surface area contributed by atoms with Crippen LogP contribution >= 0.6 is 43.5 Å². The molecule has 1 unspecified atom stereocenters. The highest BCUT2D eigenvalue weighted by molar-refractivity contribution is 9.11. The Morgan fingerprint density at radius 3 is 2.48 bits per heavy atom. The van der Waals surface area contributed by atoms with E-state index < -0.39 is 0 Å². The van der Waals surface area contributed by atoms with E-state index in [1.807, 2.05) is 18.2 Å². The zero-order valence-corrected chi connectivity index (χ0v) is 16.0. The molecule has 4 heteroatoms. The van der Waals surface area contributed by atoms with Crippen LogP contribution in [0, 0.1) is 6.92 Å². The minimum atomic E-state index is 0.0740. The largest absolute Gasteiger partial charge is 0.306 e. The van der Waals surface area contributed by atoms with Gasteiger partial charge in [0.15, 0.2) is 0 Å². The van der Waals surface area contributed by atoms with Gasteiger partial charge in [0.05, 0.1) is 6.04 Å². The van der Waals surface area contributed by atoms with Crippen LogP contribution in [0.15, 0.2) is 45.3 Å². The maximum absolute atomic E-state index is 6.40. The van der Waals surface area contributed by atoms with Crippen molar-refractivity contribution in [2.24, 2.45) is 0 Å². The third kappa shape index (κ3) is 4.10. The average molecular weight is 432 g/mol. The lowest BCUT2D eigenvalue weighted by Gasteiger charge is -2.22. The Morgan fingerprint density at radius 2 is 1.81 bits per heavy atom. The molecule has 112 valence electrons. The summed E-state index contributed by atoms with van der Waals surface area (Å²) in [6, 6.07) is 12.4. The Labute approximate surface area is 148 Å². The lowest BCUT2D eigenvalue weighted by atomic mass is 9.97. The summed E-state index contributed by atoms with van der Waals surface area (Å²) in [5, 5.41) is 4.38. The first-order valence-corrected chi connectivity index (χ1v) is 8.94. The van der Waals surface area contributed by atoms with Crippen molar-refractivity contribution in [3.63, 3.8) is 0 Å². The molecule has 0 fully saturated rings. The van der Waals surface area contributed by atoms with Gasteiger partial charge in [0.1, 0.15) is 0 Å². The van der Waals surface area contributed by atoms with Gasteiger partial charge in [0, 0.05) is 14.0 Å². The fraction of sp³-hybridized carbons (Fsp3) is 0.294. The standard InChI is InChI=1S/C17H18Br2ClN/c1-3-8-21-17(12-6-4-5-7-16(12)20)13-10-14(18)11(2)9-15(13)19/h4-7,9-10,17,21H,3,8H2,1-2H3. The van der Waals surface area contributed by atoms with Gasteiger partial charge in [-0.3, -0.25) is 0 Å². The molecule has 0 amide bonds. The van der Waals surface area contributed by atoms with Crippen molar-refractivity contribution in [2.75, 3.05) is 6.54 Å². The monoisotopic (exact) mass is 429 g/mol. The second-order valence-corrected chi connectivity index (χ2v) is 7.15. The van der Waals surface area contributed by atoms with Crippen LogP contribution < -0.4 is 5.32 Å². The van der Waals surface area contributed by atoms with Crippen molar-refractivity contribution in [2.45, 2.75) is 26.3 Å². The highest BCUT2D eigenvalue weighted by Gasteiger charge is 2.19. The maximum Gasteiger partial charge on any atom is 0.0603 e. The summed E-state index contributed by atoms with van der Waals surface area (Å²) in [5.41, 5.74) is 3.50. The lowest BCUT2D eigenvalue weighted by Crippen LogP contribution is -2.24. The van der Waals surface area contributed by atoms with Crippen LogP contribution in [0.1, 0.15) is 36.1 Å². The van der Waals surface area contributed by atoms with E-state index in [0.717, 1.165) is 32.5 Å². The SMILES string of the molecule is CCCNC(c1ccccc1Cl)c1cc(Br)c(C)cc1Br. The van der Waals surface area contributed by atoms with E-state index in [0.29, 0.717) is 0 Å². The van der Waals surface area contributed by atoms with E-state index in [-0.39, 0.29) is 6.04 Å². The van der Waals surface area contributed by atoms with Crippen molar-refractivity contribution in [1.82, 2.24) is 5.32 Å². The third-order valence-corrected chi connectivity index (χ3v) is 5.29. The molecule has 0 radical (unpaired) electrons. The van der Waals surface area contributed by atoms with Gasteiger partial charge < -0.3 is 5.32 Å². The molecular formula is C17H18Br2ClN. The lowest BCUT2D eigenvalue weighted by molar-refractivity contribution is 0.596. The number of nitrogens with one attached hydrogen (secondary N) is 1. The van der Waals surface area contributed by atoms with Crippen molar-refractivity contribution in [3.05, 3.63) is 67.1 Å². The summed E-state index contributed by atoms with van der Waals surface area (Å²) >= 11 is 13.7. The van der Waals surface area contributed by atoms with Gasteiger partial charge in [-0.1, -0.05) is 68.6 Å². The van der Waals surface area contributed by atoms with E-state index >= 15 is 0 Å².